The van der Waals surface area contributed by atoms with Crippen LogP contribution < -0.4 is 10.6 Å². The fourth-order valence-electron chi connectivity index (χ4n) is 4.25. The lowest BCUT2D eigenvalue weighted by Gasteiger charge is -2.30. The SMILES string of the molecule is CCCC(C)(NC(=O)OCC1c2ccccc2-c2ccccc21)C(=O)NC(COC)C(=O)O. The van der Waals surface area contributed by atoms with Crippen molar-refractivity contribution in [2.24, 2.45) is 0 Å². The molecule has 0 aromatic heterocycles. The number of methoxy groups -OCH3 is 1. The summed E-state index contributed by atoms with van der Waals surface area (Å²) in [6.07, 6.45) is 0.166. The normalized spacial score (nSPS) is 15.0. The van der Waals surface area contributed by atoms with E-state index in [0.717, 1.165) is 22.3 Å². The second-order valence-electron chi connectivity index (χ2n) is 8.35. The summed E-state index contributed by atoms with van der Waals surface area (Å²) < 4.78 is 10.4. The molecule has 2 aromatic rings. The van der Waals surface area contributed by atoms with E-state index in [1.165, 1.54) is 7.11 Å². The molecule has 0 saturated carbocycles. The molecule has 1 aliphatic carbocycles. The molecular weight excluding hydrogens is 424 g/mol. The monoisotopic (exact) mass is 454 g/mol. The van der Waals surface area contributed by atoms with Gasteiger partial charge in [0, 0.05) is 13.0 Å². The molecular formula is C25H30N2O6. The number of aliphatic carboxylic acids is 1. The van der Waals surface area contributed by atoms with E-state index in [1.54, 1.807) is 6.92 Å². The van der Waals surface area contributed by atoms with Gasteiger partial charge in [0.15, 0.2) is 6.04 Å². The largest absolute Gasteiger partial charge is 0.480 e. The Kier molecular flexibility index (Phi) is 7.71. The van der Waals surface area contributed by atoms with Gasteiger partial charge in [0.1, 0.15) is 12.1 Å². The van der Waals surface area contributed by atoms with Crippen LogP contribution in [0.5, 0.6) is 0 Å². The van der Waals surface area contributed by atoms with Gasteiger partial charge in [-0.2, -0.15) is 0 Å². The Balaban J connectivity index is 1.69. The highest BCUT2D eigenvalue weighted by molar-refractivity contribution is 5.92. The Hall–Kier alpha value is -3.39. The lowest BCUT2D eigenvalue weighted by Crippen LogP contribution is -2.60. The van der Waals surface area contributed by atoms with Gasteiger partial charge < -0.3 is 25.2 Å². The second-order valence-corrected chi connectivity index (χ2v) is 8.35. The number of hydrogen-bond acceptors (Lipinski definition) is 5. The lowest BCUT2D eigenvalue weighted by molar-refractivity contribution is -0.144. The van der Waals surface area contributed by atoms with Gasteiger partial charge in [0.25, 0.3) is 0 Å². The van der Waals surface area contributed by atoms with E-state index >= 15 is 0 Å². The van der Waals surface area contributed by atoms with E-state index in [4.69, 9.17) is 9.47 Å². The standard InChI is InChI=1S/C25H30N2O6/c1-4-13-25(2,23(30)26-21(15-32-3)22(28)29)27-24(31)33-14-20-18-11-7-5-9-16(18)17-10-6-8-12-19(17)20/h5-12,20-21H,4,13-15H2,1-3H3,(H,26,30)(H,27,31)(H,28,29). The number of benzene rings is 2. The Bertz CT molecular complexity index is 978. The summed E-state index contributed by atoms with van der Waals surface area (Å²) in [5.74, 6) is -1.93. The van der Waals surface area contributed by atoms with Gasteiger partial charge in [0.05, 0.1) is 6.61 Å². The van der Waals surface area contributed by atoms with Crippen LogP contribution in [-0.2, 0) is 19.1 Å². The fraction of sp³-hybridized carbons (Fsp3) is 0.400. The van der Waals surface area contributed by atoms with E-state index in [2.05, 4.69) is 22.8 Å². The summed E-state index contributed by atoms with van der Waals surface area (Å²) in [6, 6.07) is 14.8. The van der Waals surface area contributed by atoms with Gasteiger partial charge in [-0.15, -0.1) is 0 Å². The van der Waals surface area contributed by atoms with E-state index in [0.29, 0.717) is 12.8 Å². The minimum absolute atomic E-state index is 0.104. The number of amides is 2. The van der Waals surface area contributed by atoms with Crippen LogP contribution >= 0.6 is 0 Å². The molecule has 0 fully saturated rings. The third-order valence-electron chi connectivity index (χ3n) is 5.91. The van der Waals surface area contributed by atoms with Crippen molar-refractivity contribution in [3.8, 4) is 11.1 Å². The number of carboxylic acids is 1. The van der Waals surface area contributed by atoms with Crippen molar-refractivity contribution in [2.75, 3.05) is 20.3 Å². The number of alkyl carbamates (subject to hydrolysis) is 1. The van der Waals surface area contributed by atoms with Gasteiger partial charge in [-0.3, -0.25) is 4.79 Å². The average molecular weight is 455 g/mol. The molecule has 0 saturated heterocycles. The first-order valence-corrected chi connectivity index (χ1v) is 11.0. The van der Waals surface area contributed by atoms with Crippen molar-refractivity contribution in [3.05, 3.63) is 59.7 Å². The molecule has 2 amide bonds. The number of nitrogens with one attached hydrogen (secondary N) is 2. The topological polar surface area (TPSA) is 114 Å². The Morgan fingerprint density at radius 3 is 2.15 bits per heavy atom. The highest BCUT2D eigenvalue weighted by Gasteiger charge is 2.37. The van der Waals surface area contributed by atoms with E-state index < -0.39 is 29.6 Å². The van der Waals surface area contributed by atoms with Crippen molar-refractivity contribution in [2.45, 2.75) is 44.2 Å². The maximum absolute atomic E-state index is 12.9. The van der Waals surface area contributed by atoms with Gasteiger partial charge in [-0.1, -0.05) is 61.9 Å². The van der Waals surface area contributed by atoms with E-state index in [9.17, 15) is 19.5 Å². The summed E-state index contributed by atoms with van der Waals surface area (Å²) >= 11 is 0. The van der Waals surface area contributed by atoms with Crippen LogP contribution in [0.2, 0.25) is 0 Å². The third-order valence-corrected chi connectivity index (χ3v) is 5.91. The van der Waals surface area contributed by atoms with Crippen LogP contribution in [0.4, 0.5) is 4.79 Å². The van der Waals surface area contributed by atoms with Crippen LogP contribution in [0.3, 0.4) is 0 Å². The number of carbonyl (C=O) groups excluding carboxylic acids is 2. The molecule has 0 heterocycles. The van der Waals surface area contributed by atoms with Crippen molar-refractivity contribution in [1.82, 2.24) is 10.6 Å². The maximum Gasteiger partial charge on any atom is 0.408 e. The zero-order chi connectivity index (χ0) is 24.0. The first-order chi connectivity index (χ1) is 15.8. The molecule has 8 nitrogen and oxygen atoms in total. The van der Waals surface area contributed by atoms with Crippen LogP contribution in [0.15, 0.2) is 48.5 Å². The van der Waals surface area contributed by atoms with Gasteiger partial charge in [-0.25, -0.2) is 9.59 Å². The Morgan fingerprint density at radius 2 is 1.64 bits per heavy atom. The molecule has 2 atom stereocenters. The first-order valence-electron chi connectivity index (χ1n) is 11.0. The highest BCUT2D eigenvalue weighted by atomic mass is 16.5. The van der Waals surface area contributed by atoms with E-state index in [-0.39, 0.29) is 19.1 Å². The van der Waals surface area contributed by atoms with Crippen molar-refractivity contribution in [1.29, 1.82) is 0 Å². The molecule has 0 radical (unpaired) electrons. The zero-order valence-corrected chi connectivity index (χ0v) is 19.1. The minimum Gasteiger partial charge on any atom is -0.480 e. The molecule has 2 unspecified atom stereocenters. The highest BCUT2D eigenvalue weighted by Crippen LogP contribution is 2.44. The number of hydrogen-bond donors (Lipinski definition) is 3. The predicted molar refractivity (Wildman–Crippen MR) is 123 cm³/mol. The number of ether oxygens (including phenoxy) is 2. The van der Waals surface area contributed by atoms with Crippen LogP contribution in [0, 0.1) is 0 Å². The molecule has 176 valence electrons. The van der Waals surface area contributed by atoms with Crippen molar-refractivity contribution in [3.63, 3.8) is 0 Å². The summed E-state index contributed by atoms with van der Waals surface area (Å²) in [7, 11) is 1.35. The van der Waals surface area contributed by atoms with Crippen LogP contribution in [0.25, 0.3) is 11.1 Å². The first kappa shape index (κ1) is 24.3. The van der Waals surface area contributed by atoms with Gasteiger partial charge in [0.2, 0.25) is 5.91 Å². The number of rotatable bonds is 10. The Labute approximate surface area is 193 Å². The summed E-state index contributed by atoms with van der Waals surface area (Å²) in [6.45, 7) is 3.35. The fourth-order valence-corrected chi connectivity index (χ4v) is 4.25. The quantitative estimate of drug-likeness (QED) is 0.508. The average Bonchev–Trinajstić information content (AvgIpc) is 3.11. The third kappa shape index (κ3) is 5.34. The second kappa shape index (κ2) is 10.5. The van der Waals surface area contributed by atoms with Gasteiger partial charge >= 0.3 is 12.1 Å². The smallest absolute Gasteiger partial charge is 0.408 e. The molecule has 8 heteroatoms. The van der Waals surface area contributed by atoms with Crippen LogP contribution in [0.1, 0.15) is 43.7 Å². The summed E-state index contributed by atoms with van der Waals surface area (Å²) in [4.78, 5) is 37.0. The molecule has 3 rings (SSSR count). The van der Waals surface area contributed by atoms with Crippen molar-refractivity contribution < 1.29 is 29.0 Å². The summed E-state index contributed by atoms with van der Waals surface area (Å²) in [5, 5.41) is 14.4. The maximum atomic E-state index is 12.9. The molecule has 1 aliphatic rings. The van der Waals surface area contributed by atoms with E-state index in [1.807, 2.05) is 43.3 Å². The van der Waals surface area contributed by atoms with Gasteiger partial charge in [-0.05, 0) is 35.6 Å². The lowest BCUT2D eigenvalue weighted by atomic mass is 9.94. The molecule has 2 aromatic carbocycles. The molecule has 33 heavy (non-hydrogen) atoms. The number of fused-ring (bicyclic) bond motifs is 3. The predicted octanol–water partition coefficient (Wildman–Crippen LogP) is 3.30. The van der Waals surface area contributed by atoms with Crippen LogP contribution in [-0.4, -0.2) is 55.0 Å². The van der Waals surface area contributed by atoms with Crippen molar-refractivity contribution >= 4 is 18.0 Å². The number of carbonyl (C=O) groups is 3. The number of carboxylic acid groups (broad SMARTS) is 1. The molecule has 0 bridgehead atoms. The minimum atomic E-state index is -1.33. The zero-order valence-electron chi connectivity index (χ0n) is 19.1. The summed E-state index contributed by atoms with van der Waals surface area (Å²) in [5.41, 5.74) is 3.08. The Morgan fingerprint density at radius 1 is 1.06 bits per heavy atom. The molecule has 0 aliphatic heterocycles. The molecule has 3 N–H and O–H groups in total. The molecule has 0 spiro atoms.